The summed E-state index contributed by atoms with van der Waals surface area (Å²) in [7, 11) is -3.38. The van der Waals surface area contributed by atoms with Crippen LogP contribution in [-0.4, -0.2) is 24.8 Å². The zero-order valence-electron chi connectivity index (χ0n) is 19.6. The summed E-state index contributed by atoms with van der Waals surface area (Å²) >= 11 is 0. The first-order valence-corrected chi connectivity index (χ1v) is 12.9. The van der Waals surface area contributed by atoms with Crippen LogP contribution in [0.3, 0.4) is 0 Å². The molecule has 2 aromatic carbocycles. The lowest BCUT2D eigenvalue weighted by molar-refractivity contribution is -0.137. The van der Waals surface area contributed by atoms with Gasteiger partial charge in [-0.25, -0.2) is 21.9 Å². The summed E-state index contributed by atoms with van der Waals surface area (Å²) in [4.78, 5) is 0. The van der Waals surface area contributed by atoms with Gasteiger partial charge in [0.2, 0.25) is 10.0 Å². The lowest BCUT2D eigenvalue weighted by Gasteiger charge is -2.18. The van der Waals surface area contributed by atoms with E-state index in [0.717, 1.165) is 23.8 Å². The van der Waals surface area contributed by atoms with Crippen molar-refractivity contribution >= 4 is 20.9 Å². The Bertz CT molecular complexity index is 1370. The molecule has 1 aliphatic rings. The maximum atomic E-state index is 15.2. The third kappa shape index (κ3) is 5.69. The predicted octanol–water partition coefficient (Wildman–Crippen LogP) is 6.28. The predicted molar refractivity (Wildman–Crippen MR) is 125 cm³/mol. The number of sulfonamides is 1. The van der Waals surface area contributed by atoms with Gasteiger partial charge in [0, 0.05) is 30.2 Å². The average molecular weight is 515 g/mol. The van der Waals surface area contributed by atoms with Gasteiger partial charge in [-0.3, -0.25) is 0 Å². The van der Waals surface area contributed by atoms with Gasteiger partial charge in [-0.1, -0.05) is 26.8 Å². The molecule has 4 nitrogen and oxygen atoms in total. The summed E-state index contributed by atoms with van der Waals surface area (Å²) in [5.41, 5.74) is -0.880. The number of fused-ring (bicyclic) bond motifs is 1. The van der Waals surface area contributed by atoms with Crippen LogP contribution >= 0.6 is 0 Å². The second kappa shape index (κ2) is 8.89. The van der Waals surface area contributed by atoms with Gasteiger partial charge >= 0.3 is 6.18 Å². The van der Waals surface area contributed by atoms with Gasteiger partial charge in [0.1, 0.15) is 11.6 Å². The van der Waals surface area contributed by atoms with Crippen LogP contribution in [0.1, 0.15) is 44.7 Å². The quantitative estimate of drug-likeness (QED) is 0.378. The Labute approximate surface area is 201 Å². The molecule has 0 aliphatic heterocycles. The molecule has 0 spiro atoms. The number of nitrogens with one attached hydrogen (secondary N) is 1. The highest BCUT2D eigenvalue weighted by molar-refractivity contribution is 7.90. The summed E-state index contributed by atoms with van der Waals surface area (Å²) < 4.78 is 98.2. The smallest absolute Gasteiger partial charge is 0.346 e. The molecule has 0 amide bonds. The fraction of sp³-hybridized carbons (Fsp3) is 0.440. The van der Waals surface area contributed by atoms with Crippen molar-refractivity contribution in [2.24, 2.45) is 5.41 Å². The Morgan fingerprint density at radius 1 is 1.03 bits per heavy atom. The number of aromatic nitrogens is 1. The molecule has 0 atom stereocenters. The molecule has 0 unspecified atom stereocenters. The summed E-state index contributed by atoms with van der Waals surface area (Å²) in [5, 5.41) is 0.206. The van der Waals surface area contributed by atoms with E-state index in [1.165, 1.54) is 6.07 Å². The maximum absolute atomic E-state index is 15.2. The molecule has 190 valence electrons. The maximum Gasteiger partial charge on any atom is 0.417 e. The van der Waals surface area contributed by atoms with E-state index in [1.54, 1.807) is 10.8 Å². The second-order valence-corrected chi connectivity index (χ2v) is 12.3. The highest BCUT2D eigenvalue weighted by Gasteiger charge is 2.36. The van der Waals surface area contributed by atoms with Crippen LogP contribution in [0.15, 0.2) is 36.5 Å². The van der Waals surface area contributed by atoms with Crippen LogP contribution in [0.25, 0.3) is 22.0 Å². The van der Waals surface area contributed by atoms with E-state index in [4.69, 9.17) is 0 Å². The topological polar surface area (TPSA) is 51.1 Å². The van der Waals surface area contributed by atoms with Crippen LogP contribution in [-0.2, 0) is 29.2 Å². The van der Waals surface area contributed by atoms with E-state index in [9.17, 15) is 26.0 Å². The molecule has 1 fully saturated rings. The van der Waals surface area contributed by atoms with Crippen molar-refractivity contribution in [3.05, 3.63) is 59.3 Å². The van der Waals surface area contributed by atoms with E-state index in [2.05, 4.69) is 4.72 Å². The van der Waals surface area contributed by atoms with Crippen molar-refractivity contribution in [2.75, 3.05) is 6.54 Å². The Balaban J connectivity index is 1.79. The molecule has 3 aromatic rings. The van der Waals surface area contributed by atoms with Gasteiger partial charge in [0.25, 0.3) is 0 Å². The van der Waals surface area contributed by atoms with Crippen molar-refractivity contribution < 1.29 is 30.4 Å². The first kappa shape index (κ1) is 25.6. The Hall–Kier alpha value is -2.46. The van der Waals surface area contributed by atoms with Crippen LogP contribution in [0.4, 0.5) is 22.0 Å². The minimum Gasteiger partial charge on any atom is -0.346 e. The monoisotopic (exact) mass is 514 g/mol. The van der Waals surface area contributed by atoms with Gasteiger partial charge in [0.05, 0.1) is 16.3 Å². The Morgan fingerprint density at radius 2 is 1.71 bits per heavy atom. The van der Waals surface area contributed by atoms with Crippen molar-refractivity contribution in [3.8, 4) is 11.1 Å². The molecule has 35 heavy (non-hydrogen) atoms. The molecule has 0 radical (unpaired) electrons. The van der Waals surface area contributed by atoms with Crippen LogP contribution in [0, 0.1) is 17.0 Å². The molecular weight excluding hydrogens is 487 g/mol. The van der Waals surface area contributed by atoms with E-state index in [0.29, 0.717) is 36.2 Å². The van der Waals surface area contributed by atoms with E-state index in [-0.39, 0.29) is 29.3 Å². The molecule has 1 aromatic heterocycles. The van der Waals surface area contributed by atoms with Gasteiger partial charge in [0.15, 0.2) is 0 Å². The summed E-state index contributed by atoms with van der Waals surface area (Å²) in [6.45, 7) is 6.36. The summed E-state index contributed by atoms with van der Waals surface area (Å²) in [6.07, 6.45) is -1.24. The normalized spacial score (nSPS) is 15.2. The highest BCUT2D eigenvalue weighted by Crippen LogP contribution is 2.40. The molecule has 1 heterocycles. The van der Waals surface area contributed by atoms with Crippen LogP contribution in [0.2, 0.25) is 0 Å². The number of nitrogens with zero attached hydrogens (tertiary/aromatic N) is 1. The standard InChI is InChI=1S/C25H27F5N2O2S/c1-24(2,3)13-15-14-32(9-8-31-35(33,34)17-5-6-17)23-12-22(27)20(11-19(15)23)18-7-4-16(26)10-21(18)25(28,29)30/h4,7,10-12,14,17,31H,5-6,8-9,13H2,1-3H3. The number of alkyl halides is 3. The number of halogens is 5. The lowest BCUT2D eigenvalue weighted by atomic mass is 9.87. The number of hydrogen-bond donors (Lipinski definition) is 1. The fourth-order valence-electron chi connectivity index (χ4n) is 4.28. The van der Waals surface area contributed by atoms with Crippen molar-refractivity contribution in [1.29, 1.82) is 0 Å². The van der Waals surface area contributed by atoms with Gasteiger partial charge < -0.3 is 4.57 Å². The van der Waals surface area contributed by atoms with Gasteiger partial charge in [-0.2, -0.15) is 13.2 Å². The van der Waals surface area contributed by atoms with E-state index < -0.39 is 39.0 Å². The molecule has 0 bridgehead atoms. The summed E-state index contributed by atoms with van der Waals surface area (Å²) in [5.74, 6) is -1.94. The van der Waals surface area contributed by atoms with E-state index >= 15 is 4.39 Å². The molecule has 1 saturated carbocycles. The molecule has 10 heteroatoms. The third-order valence-corrected chi connectivity index (χ3v) is 7.93. The first-order chi connectivity index (χ1) is 16.2. The minimum atomic E-state index is -4.86. The van der Waals surface area contributed by atoms with Crippen molar-refractivity contribution in [1.82, 2.24) is 9.29 Å². The number of benzene rings is 2. The zero-order valence-corrected chi connectivity index (χ0v) is 20.5. The summed E-state index contributed by atoms with van der Waals surface area (Å²) in [6, 6.07) is 4.72. The molecule has 0 saturated heterocycles. The first-order valence-electron chi connectivity index (χ1n) is 11.3. The number of hydrogen-bond acceptors (Lipinski definition) is 2. The van der Waals surface area contributed by atoms with Crippen LogP contribution in [0.5, 0.6) is 0 Å². The largest absolute Gasteiger partial charge is 0.417 e. The minimum absolute atomic E-state index is 0.108. The third-order valence-electron chi connectivity index (χ3n) is 5.97. The van der Waals surface area contributed by atoms with E-state index in [1.807, 2.05) is 20.8 Å². The van der Waals surface area contributed by atoms with Gasteiger partial charge in [-0.15, -0.1) is 0 Å². The highest BCUT2D eigenvalue weighted by atomic mass is 32.2. The molecule has 1 N–H and O–H groups in total. The molecule has 4 rings (SSSR count). The average Bonchev–Trinajstić information content (AvgIpc) is 3.53. The Kier molecular flexibility index (Phi) is 6.51. The Morgan fingerprint density at radius 3 is 2.31 bits per heavy atom. The van der Waals surface area contributed by atoms with Crippen molar-refractivity contribution in [2.45, 2.75) is 58.0 Å². The number of rotatable bonds is 7. The molecule has 1 aliphatic carbocycles. The lowest BCUT2D eigenvalue weighted by Crippen LogP contribution is -2.30. The molecular formula is C25H27F5N2O2S. The van der Waals surface area contributed by atoms with Gasteiger partial charge in [-0.05, 0) is 60.1 Å². The van der Waals surface area contributed by atoms with Crippen molar-refractivity contribution in [3.63, 3.8) is 0 Å². The zero-order chi connectivity index (χ0) is 25.8. The second-order valence-electron chi connectivity index (χ2n) is 10.3. The van der Waals surface area contributed by atoms with Crippen LogP contribution < -0.4 is 4.72 Å². The fourth-order valence-corrected chi connectivity index (χ4v) is 5.65. The SMILES string of the molecule is CC(C)(C)Cc1cn(CCNS(=O)(=O)C2CC2)c2cc(F)c(-c3ccc(F)cc3C(F)(F)F)cc12.